The molecule has 0 saturated heterocycles. The molecule has 1 aliphatic heterocycles. The fourth-order valence-electron chi connectivity index (χ4n) is 4.43. The summed E-state index contributed by atoms with van der Waals surface area (Å²) in [6.07, 6.45) is 4.49. The fraction of sp³-hybridized carbons (Fsp3) is 0.321. The highest BCUT2D eigenvalue weighted by Crippen LogP contribution is 2.23. The van der Waals surface area contributed by atoms with Crippen LogP contribution in [0.15, 0.2) is 78.9 Å². The average molecular weight is 429 g/mol. The predicted molar refractivity (Wildman–Crippen MR) is 135 cm³/mol. The quantitative estimate of drug-likeness (QED) is 0.459. The van der Waals surface area contributed by atoms with E-state index in [0.717, 1.165) is 43.0 Å². The second-order valence-electron chi connectivity index (χ2n) is 8.52. The van der Waals surface area contributed by atoms with E-state index in [0.29, 0.717) is 6.04 Å². The summed E-state index contributed by atoms with van der Waals surface area (Å²) in [6.45, 7) is 5.35. The Labute approximate surface area is 192 Å². The van der Waals surface area contributed by atoms with Crippen molar-refractivity contribution in [1.82, 2.24) is 10.2 Å². The van der Waals surface area contributed by atoms with Gasteiger partial charge in [0.15, 0.2) is 0 Å². The zero-order valence-corrected chi connectivity index (χ0v) is 19.2. The highest BCUT2D eigenvalue weighted by molar-refractivity contribution is 7.80. The summed E-state index contributed by atoms with van der Waals surface area (Å²) in [5.41, 5.74) is 6.69. The van der Waals surface area contributed by atoms with Crippen LogP contribution >= 0.6 is 12.2 Å². The Kier molecular flexibility index (Phi) is 7.50. The fourth-order valence-corrected chi connectivity index (χ4v) is 4.64. The summed E-state index contributed by atoms with van der Waals surface area (Å²) in [7, 11) is 0. The highest BCUT2D eigenvalue weighted by Gasteiger charge is 2.25. The van der Waals surface area contributed by atoms with Gasteiger partial charge >= 0.3 is 0 Å². The number of hydrogen-bond acceptors (Lipinski definition) is 2. The van der Waals surface area contributed by atoms with Crippen molar-refractivity contribution < 1.29 is 0 Å². The van der Waals surface area contributed by atoms with Gasteiger partial charge in [0, 0.05) is 24.7 Å². The third kappa shape index (κ3) is 5.81. The molecule has 0 fully saturated rings. The molecule has 3 aromatic rings. The molecule has 1 heterocycles. The number of hydrogen-bond donors (Lipinski definition) is 1. The largest absolute Gasteiger partial charge is 0.374 e. The van der Waals surface area contributed by atoms with E-state index in [4.69, 9.17) is 12.2 Å². The molecule has 3 aromatic carbocycles. The van der Waals surface area contributed by atoms with Gasteiger partial charge in [0.05, 0.1) is 0 Å². The van der Waals surface area contributed by atoms with Crippen LogP contribution in [0.25, 0.3) is 0 Å². The van der Waals surface area contributed by atoms with Crippen molar-refractivity contribution >= 4 is 17.2 Å². The number of rotatable bonds is 8. The van der Waals surface area contributed by atoms with Crippen LogP contribution in [0.5, 0.6) is 0 Å². The maximum Gasteiger partial charge on any atom is 0.106 e. The summed E-state index contributed by atoms with van der Waals surface area (Å²) in [5, 5.41) is 3.59. The first-order valence-electron chi connectivity index (χ1n) is 11.4. The van der Waals surface area contributed by atoms with Gasteiger partial charge in [0.2, 0.25) is 0 Å². The van der Waals surface area contributed by atoms with Crippen LogP contribution in [0, 0.1) is 0 Å². The van der Waals surface area contributed by atoms with Gasteiger partial charge in [-0.15, -0.1) is 0 Å². The lowest BCUT2D eigenvalue weighted by molar-refractivity contribution is 0.170. The Morgan fingerprint density at radius 3 is 2.48 bits per heavy atom. The van der Waals surface area contributed by atoms with E-state index in [1.807, 2.05) is 0 Å². The van der Waals surface area contributed by atoms with Crippen molar-refractivity contribution in [1.29, 1.82) is 0 Å². The highest BCUT2D eigenvalue weighted by atomic mass is 32.1. The van der Waals surface area contributed by atoms with Crippen molar-refractivity contribution in [3.63, 3.8) is 0 Å². The number of thiocarbonyl (C=S) groups is 1. The van der Waals surface area contributed by atoms with Crippen LogP contribution in [-0.2, 0) is 19.4 Å². The molecular weight excluding hydrogens is 396 g/mol. The maximum absolute atomic E-state index is 5.79. The molecule has 1 aliphatic rings. The van der Waals surface area contributed by atoms with Crippen molar-refractivity contribution in [2.45, 2.75) is 45.2 Å². The van der Waals surface area contributed by atoms with Gasteiger partial charge < -0.3 is 5.32 Å². The Morgan fingerprint density at radius 2 is 1.68 bits per heavy atom. The van der Waals surface area contributed by atoms with Crippen LogP contribution in [-0.4, -0.2) is 29.0 Å². The van der Waals surface area contributed by atoms with E-state index in [1.54, 1.807) is 0 Å². The van der Waals surface area contributed by atoms with Gasteiger partial charge in [-0.25, -0.2) is 0 Å². The zero-order valence-electron chi connectivity index (χ0n) is 18.4. The molecule has 0 aliphatic carbocycles. The molecule has 0 amide bonds. The first-order valence-corrected chi connectivity index (χ1v) is 11.9. The Balaban J connectivity index is 1.40. The number of benzene rings is 3. The number of nitrogens with zero attached hydrogens (tertiary/aromatic N) is 1. The van der Waals surface area contributed by atoms with E-state index in [9.17, 15) is 0 Å². The minimum Gasteiger partial charge on any atom is -0.374 e. The molecule has 2 nitrogen and oxygen atoms in total. The van der Waals surface area contributed by atoms with Crippen LogP contribution in [0.3, 0.4) is 0 Å². The van der Waals surface area contributed by atoms with E-state index < -0.39 is 0 Å². The van der Waals surface area contributed by atoms with Crippen LogP contribution in [0.4, 0.5) is 0 Å². The molecular formula is C28H32N2S. The number of nitrogens with one attached hydrogen (secondary N) is 1. The Bertz CT molecular complexity index is 999. The summed E-state index contributed by atoms with van der Waals surface area (Å²) in [6, 6.07) is 28.6. The normalized spacial score (nSPS) is 16.0. The van der Waals surface area contributed by atoms with Crippen molar-refractivity contribution in [2.24, 2.45) is 0 Å². The van der Waals surface area contributed by atoms with Gasteiger partial charge in [-0.3, -0.25) is 4.90 Å². The lowest BCUT2D eigenvalue weighted by Gasteiger charge is -2.37. The molecule has 31 heavy (non-hydrogen) atoms. The van der Waals surface area contributed by atoms with E-state index in [-0.39, 0.29) is 0 Å². The topological polar surface area (TPSA) is 15.3 Å². The number of unbranched alkanes of at least 4 members (excludes halogenated alkanes) is 1. The van der Waals surface area contributed by atoms with Crippen molar-refractivity contribution in [3.05, 3.63) is 107 Å². The first-order chi connectivity index (χ1) is 15.2. The van der Waals surface area contributed by atoms with Gasteiger partial charge in [-0.05, 0) is 54.1 Å². The molecule has 4 rings (SSSR count). The summed E-state index contributed by atoms with van der Waals surface area (Å²) in [4.78, 5) is 3.48. The third-order valence-electron chi connectivity index (χ3n) is 6.20. The summed E-state index contributed by atoms with van der Waals surface area (Å²) in [5.74, 6) is 0. The third-order valence-corrected chi connectivity index (χ3v) is 6.58. The average Bonchev–Trinajstić information content (AvgIpc) is 2.81. The zero-order chi connectivity index (χ0) is 21.5. The van der Waals surface area contributed by atoms with Crippen molar-refractivity contribution in [3.8, 4) is 0 Å². The molecule has 1 atom stereocenters. The van der Waals surface area contributed by atoms with Gasteiger partial charge in [0.1, 0.15) is 4.99 Å². The molecule has 3 heteroatoms. The van der Waals surface area contributed by atoms with Crippen molar-refractivity contribution in [2.75, 3.05) is 13.1 Å². The minimum atomic E-state index is 0.479. The SMILES string of the molecule is CCCCN1Cc2ccccc2C[C@@H]1CNC(=S)c1cccc(Cc2ccccc2)c1. The molecule has 0 saturated carbocycles. The molecule has 0 radical (unpaired) electrons. The van der Waals surface area contributed by atoms with Gasteiger partial charge in [-0.2, -0.15) is 0 Å². The Morgan fingerprint density at radius 1 is 0.935 bits per heavy atom. The molecule has 0 unspecified atom stereocenters. The van der Waals surface area contributed by atoms with Crippen LogP contribution < -0.4 is 5.32 Å². The maximum atomic E-state index is 5.79. The molecule has 0 aromatic heterocycles. The monoisotopic (exact) mass is 428 g/mol. The van der Waals surface area contributed by atoms with E-state index >= 15 is 0 Å². The molecule has 0 bridgehead atoms. The second kappa shape index (κ2) is 10.7. The lowest BCUT2D eigenvalue weighted by atomic mass is 9.93. The molecule has 160 valence electrons. The van der Waals surface area contributed by atoms with Gasteiger partial charge in [-0.1, -0.05) is 98.4 Å². The molecule has 1 N–H and O–H groups in total. The Hall–Kier alpha value is -2.49. The number of fused-ring (bicyclic) bond motifs is 1. The lowest BCUT2D eigenvalue weighted by Crippen LogP contribution is -2.47. The smallest absolute Gasteiger partial charge is 0.106 e. The second-order valence-corrected chi connectivity index (χ2v) is 8.93. The summed E-state index contributed by atoms with van der Waals surface area (Å²) >= 11 is 5.79. The van der Waals surface area contributed by atoms with Crippen LogP contribution in [0.2, 0.25) is 0 Å². The minimum absolute atomic E-state index is 0.479. The standard InChI is InChI=1S/C28H32N2S/c1-2-3-16-30-21-26-14-8-7-13-24(26)19-27(30)20-29-28(31)25-15-9-12-23(18-25)17-22-10-5-4-6-11-22/h4-15,18,27H,2-3,16-17,19-21H2,1H3,(H,29,31)/t27-/m1/s1. The first kappa shape index (κ1) is 21.7. The van der Waals surface area contributed by atoms with Gasteiger partial charge in [0.25, 0.3) is 0 Å². The van der Waals surface area contributed by atoms with Crippen LogP contribution in [0.1, 0.15) is 47.6 Å². The van der Waals surface area contributed by atoms with E-state index in [2.05, 4.69) is 96.0 Å². The van der Waals surface area contributed by atoms with E-state index in [1.165, 1.54) is 35.1 Å². The predicted octanol–water partition coefficient (Wildman–Crippen LogP) is 5.77. The molecule has 0 spiro atoms. The summed E-state index contributed by atoms with van der Waals surface area (Å²) < 4.78 is 0.